The first kappa shape index (κ1) is 17.3. The van der Waals surface area contributed by atoms with Crippen molar-refractivity contribution in [3.8, 4) is 17.0 Å². The number of nitrogens with one attached hydrogen (secondary N) is 1. The zero-order valence-electron chi connectivity index (χ0n) is 15.8. The third-order valence-electron chi connectivity index (χ3n) is 5.32. The van der Waals surface area contributed by atoms with Crippen molar-refractivity contribution in [2.24, 2.45) is 0 Å². The van der Waals surface area contributed by atoms with Crippen LogP contribution in [0.2, 0.25) is 0 Å². The first-order chi connectivity index (χ1) is 14.1. The lowest BCUT2D eigenvalue weighted by atomic mass is 9.95. The van der Waals surface area contributed by atoms with Gasteiger partial charge in [0.2, 0.25) is 0 Å². The van der Waals surface area contributed by atoms with Crippen LogP contribution in [0, 0.1) is 6.92 Å². The Bertz CT molecular complexity index is 1180. The number of hydrogen-bond donors (Lipinski definition) is 2. The Balaban J connectivity index is 1.68. The fourth-order valence-electron chi connectivity index (χ4n) is 3.90. The smallest absolute Gasteiger partial charge is 0.273 e. The summed E-state index contributed by atoms with van der Waals surface area (Å²) in [4.78, 5) is 15.0. The number of nitrogens with zero attached hydrogens (tertiary/aromatic N) is 2. The molecule has 4 aromatic rings. The van der Waals surface area contributed by atoms with Gasteiger partial charge >= 0.3 is 0 Å². The van der Waals surface area contributed by atoms with Crippen molar-refractivity contribution in [1.29, 1.82) is 0 Å². The summed E-state index contributed by atoms with van der Waals surface area (Å²) in [6, 6.07) is 18.5. The molecule has 0 saturated carbocycles. The van der Waals surface area contributed by atoms with Crippen molar-refractivity contribution in [3.63, 3.8) is 0 Å². The molecule has 1 aliphatic rings. The van der Waals surface area contributed by atoms with Gasteiger partial charge in [-0.25, -0.2) is 0 Å². The van der Waals surface area contributed by atoms with Gasteiger partial charge in [-0.05, 0) is 36.8 Å². The number of amides is 1. The van der Waals surface area contributed by atoms with Gasteiger partial charge < -0.3 is 14.4 Å². The van der Waals surface area contributed by atoms with Crippen LogP contribution in [0.25, 0.3) is 11.3 Å². The second kappa shape index (κ2) is 6.67. The molecule has 6 nitrogen and oxygen atoms in total. The third kappa shape index (κ3) is 2.81. The normalized spacial score (nSPS) is 15.7. The van der Waals surface area contributed by atoms with Crippen LogP contribution in [-0.2, 0) is 6.54 Å². The van der Waals surface area contributed by atoms with E-state index in [9.17, 15) is 9.90 Å². The Morgan fingerprint density at radius 3 is 2.62 bits per heavy atom. The Morgan fingerprint density at radius 1 is 1.10 bits per heavy atom. The van der Waals surface area contributed by atoms with E-state index in [1.54, 1.807) is 29.4 Å². The van der Waals surface area contributed by atoms with Crippen LogP contribution in [-0.4, -0.2) is 26.1 Å². The Kier molecular flexibility index (Phi) is 3.98. The van der Waals surface area contributed by atoms with E-state index < -0.39 is 0 Å². The van der Waals surface area contributed by atoms with Gasteiger partial charge in [0.05, 0.1) is 18.8 Å². The molecule has 0 fully saturated rings. The van der Waals surface area contributed by atoms with E-state index in [1.165, 1.54) is 0 Å². The van der Waals surface area contributed by atoms with Gasteiger partial charge in [-0.3, -0.25) is 9.89 Å². The molecule has 0 saturated heterocycles. The number of aromatic hydroxyl groups is 1. The van der Waals surface area contributed by atoms with E-state index in [4.69, 9.17) is 4.42 Å². The molecule has 2 aromatic carbocycles. The number of hydrogen-bond acceptors (Lipinski definition) is 4. The first-order valence-corrected chi connectivity index (χ1v) is 9.40. The predicted octanol–water partition coefficient (Wildman–Crippen LogP) is 4.43. The minimum absolute atomic E-state index is 0.126. The molecule has 2 aromatic heterocycles. The highest BCUT2D eigenvalue weighted by molar-refractivity contribution is 6.00. The SMILES string of the molecule is Cc1ccc(C2c3c(-c4ccccc4O)n[nH]c3C(=O)N2Cc2ccco2)cc1. The number of carbonyl (C=O) groups is 1. The molecule has 1 amide bonds. The molecule has 144 valence electrons. The average Bonchev–Trinajstić information content (AvgIpc) is 3.44. The van der Waals surface area contributed by atoms with Gasteiger partial charge in [-0.1, -0.05) is 42.0 Å². The second-order valence-corrected chi connectivity index (χ2v) is 7.20. The van der Waals surface area contributed by atoms with Crippen molar-refractivity contribution in [1.82, 2.24) is 15.1 Å². The summed E-state index contributed by atoms with van der Waals surface area (Å²) < 4.78 is 5.50. The third-order valence-corrected chi connectivity index (χ3v) is 5.32. The molecule has 2 N–H and O–H groups in total. The van der Waals surface area contributed by atoms with E-state index in [2.05, 4.69) is 10.2 Å². The average molecular weight is 385 g/mol. The molecule has 0 bridgehead atoms. The number of rotatable bonds is 4. The number of aromatic nitrogens is 2. The molecule has 1 atom stereocenters. The zero-order chi connectivity index (χ0) is 20.0. The molecule has 0 radical (unpaired) electrons. The predicted molar refractivity (Wildman–Crippen MR) is 107 cm³/mol. The number of benzene rings is 2. The molecule has 3 heterocycles. The second-order valence-electron chi connectivity index (χ2n) is 7.20. The summed E-state index contributed by atoms with van der Waals surface area (Å²) in [7, 11) is 0. The van der Waals surface area contributed by atoms with Gasteiger partial charge in [0, 0.05) is 11.1 Å². The number of carbonyl (C=O) groups excluding carboxylic acids is 1. The van der Waals surface area contributed by atoms with Crippen LogP contribution in [0.1, 0.15) is 39.0 Å². The lowest BCUT2D eigenvalue weighted by Gasteiger charge is -2.25. The number of para-hydroxylation sites is 1. The van der Waals surface area contributed by atoms with E-state index in [1.807, 2.05) is 49.4 Å². The van der Waals surface area contributed by atoms with E-state index in [0.717, 1.165) is 16.7 Å². The minimum Gasteiger partial charge on any atom is -0.507 e. The summed E-state index contributed by atoms with van der Waals surface area (Å²) in [5.41, 5.74) is 4.51. The van der Waals surface area contributed by atoms with Crippen LogP contribution in [0.15, 0.2) is 71.3 Å². The van der Waals surface area contributed by atoms with Crippen LogP contribution in [0.3, 0.4) is 0 Å². The molecule has 5 rings (SSSR count). The van der Waals surface area contributed by atoms with Gasteiger partial charge in [-0.2, -0.15) is 5.10 Å². The maximum Gasteiger partial charge on any atom is 0.273 e. The number of aryl methyl sites for hydroxylation is 1. The highest BCUT2D eigenvalue weighted by atomic mass is 16.3. The van der Waals surface area contributed by atoms with Gasteiger partial charge in [-0.15, -0.1) is 0 Å². The fourth-order valence-corrected chi connectivity index (χ4v) is 3.90. The van der Waals surface area contributed by atoms with Crippen molar-refractivity contribution < 1.29 is 14.3 Å². The first-order valence-electron chi connectivity index (χ1n) is 9.40. The standard InChI is InChI=1S/C23H19N3O3/c1-14-8-10-15(11-9-14)22-19-20(17-6-2-3-7-18(17)27)24-25-21(19)23(28)26(22)13-16-5-4-12-29-16/h2-12,22,27H,13H2,1H3,(H,24,25). The minimum atomic E-state index is -0.337. The highest BCUT2D eigenvalue weighted by Crippen LogP contribution is 2.44. The number of H-pyrrole nitrogens is 1. The summed E-state index contributed by atoms with van der Waals surface area (Å²) in [5.74, 6) is 0.690. The fraction of sp³-hybridized carbons (Fsp3) is 0.130. The molecule has 0 spiro atoms. The maximum atomic E-state index is 13.3. The molecular formula is C23H19N3O3. The molecular weight excluding hydrogens is 366 g/mol. The highest BCUT2D eigenvalue weighted by Gasteiger charge is 2.42. The molecule has 29 heavy (non-hydrogen) atoms. The van der Waals surface area contributed by atoms with Crippen LogP contribution >= 0.6 is 0 Å². The van der Waals surface area contributed by atoms with Crippen molar-refractivity contribution in [3.05, 3.63) is 95.1 Å². The number of phenolic OH excluding ortho intramolecular Hbond substituents is 1. The van der Waals surface area contributed by atoms with Crippen LogP contribution < -0.4 is 0 Å². The number of furan rings is 1. The molecule has 1 aliphatic heterocycles. The lowest BCUT2D eigenvalue weighted by Crippen LogP contribution is -2.28. The Hall–Kier alpha value is -3.80. The molecule has 6 heteroatoms. The van der Waals surface area contributed by atoms with Crippen molar-refractivity contribution >= 4 is 5.91 Å². The van der Waals surface area contributed by atoms with Gasteiger partial charge in [0.1, 0.15) is 22.9 Å². The van der Waals surface area contributed by atoms with Gasteiger partial charge in [0.15, 0.2) is 0 Å². The summed E-state index contributed by atoms with van der Waals surface area (Å²) in [6.07, 6.45) is 1.60. The van der Waals surface area contributed by atoms with Gasteiger partial charge in [0.25, 0.3) is 5.91 Å². The Labute approximate surface area is 167 Å². The van der Waals surface area contributed by atoms with E-state index in [-0.39, 0.29) is 17.7 Å². The monoisotopic (exact) mass is 385 g/mol. The summed E-state index contributed by atoms with van der Waals surface area (Å²) >= 11 is 0. The van der Waals surface area contributed by atoms with Crippen LogP contribution in [0.5, 0.6) is 5.75 Å². The number of phenols is 1. The summed E-state index contributed by atoms with van der Waals surface area (Å²) in [5, 5.41) is 17.7. The lowest BCUT2D eigenvalue weighted by molar-refractivity contribution is 0.0717. The van der Waals surface area contributed by atoms with Crippen molar-refractivity contribution in [2.45, 2.75) is 19.5 Å². The largest absolute Gasteiger partial charge is 0.507 e. The number of aromatic amines is 1. The van der Waals surface area contributed by atoms with Crippen LogP contribution in [0.4, 0.5) is 0 Å². The molecule has 0 aliphatic carbocycles. The summed E-state index contributed by atoms with van der Waals surface area (Å²) in [6.45, 7) is 2.37. The van der Waals surface area contributed by atoms with Crippen molar-refractivity contribution in [2.75, 3.05) is 0 Å². The van der Waals surface area contributed by atoms with E-state index >= 15 is 0 Å². The van der Waals surface area contributed by atoms with E-state index in [0.29, 0.717) is 29.3 Å². The number of fused-ring (bicyclic) bond motifs is 1. The Morgan fingerprint density at radius 2 is 1.90 bits per heavy atom. The topological polar surface area (TPSA) is 82.4 Å². The zero-order valence-corrected chi connectivity index (χ0v) is 15.8. The quantitative estimate of drug-likeness (QED) is 0.544. The maximum absolute atomic E-state index is 13.3. The molecule has 1 unspecified atom stereocenters.